The number of aliphatic hydroxyl groups excluding tert-OH is 1. The van der Waals surface area contributed by atoms with Crippen LogP contribution in [-0.2, 0) is 0 Å². The Kier molecular flexibility index (Phi) is 5.95. The fourth-order valence-corrected chi connectivity index (χ4v) is 3.27. The van der Waals surface area contributed by atoms with E-state index in [1.54, 1.807) is 0 Å². The molecular weight excluding hydrogens is 250 g/mol. The molecule has 4 nitrogen and oxygen atoms in total. The summed E-state index contributed by atoms with van der Waals surface area (Å²) < 4.78 is 0. The molecule has 0 spiro atoms. The lowest BCUT2D eigenvalue weighted by Gasteiger charge is -2.40. The molecule has 2 heterocycles. The van der Waals surface area contributed by atoms with Gasteiger partial charge in [0.05, 0.1) is 6.04 Å². The minimum atomic E-state index is 0.132. The van der Waals surface area contributed by atoms with Gasteiger partial charge in [0, 0.05) is 31.6 Å². The van der Waals surface area contributed by atoms with E-state index < -0.39 is 0 Å². The minimum absolute atomic E-state index is 0.132. The molecule has 1 aromatic heterocycles. The Morgan fingerprint density at radius 3 is 3.05 bits per heavy atom. The predicted octanol–water partition coefficient (Wildman–Crippen LogP) is 1.95. The van der Waals surface area contributed by atoms with Crippen molar-refractivity contribution >= 4 is 0 Å². The molecule has 1 aliphatic rings. The van der Waals surface area contributed by atoms with Gasteiger partial charge in [-0.05, 0) is 49.8 Å². The van der Waals surface area contributed by atoms with Crippen molar-refractivity contribution in [3.8, 4) is 0 Å². The molecule has 3 atom stereocenters. The molecule has 1 aromatic rings. The zero-order valence-electron chi connectivity index (χ0n) is 12.4. The fourth-order valence-electron chi connectivity index (χ4n) is 3.27. The molecule has 3 unspecified atom stereocenters. The van der Waals surface area contributed by atoms with Crippen LogP contribution in [-0.4, -0.2) is 40.7 Å². The first kappa shape index (κ1) is 15.4. The van der Waals surface area contributed by atoms with Gasteiger partial charge in [0.25, 0.3) is 0 Å². The lowest BCUT2D eigenvalue weighted by atomic mass is 9.90. The van der Waals surface area contributed by atoms with Crippen LogP contribution in [0.3, 0.4) is 0 Å². The van der Waals surface area contributed by atoms with Gasteiger partial charge < -0.3 is 10.8 Å². The van der Waals surface area contributed by atoms with E-state index in [1.165, 1.54) is 18.4 Å². The van der Waals surface area contributed by atoms with Crippen molar-refractivity contribution in [3.63, 3.8) is 0 Å². The Morgan fingerprint density at radius 1 is 1.55 bits per heavy atom. The number of nitrogens with zero attached hydrogens (tertiary/aromatic N) is 2. The molecular formula is C16H27N3O. The molecule has 0 aliphatic carbocycles. The van der Waals surface area contributed by atoms with E-state index in [1.807, 2.05) is 18.5 Å². The number of likely N-dealkylation sites (tertiary alicyclic amines) is 1. The molecule has 3 N–H and O–H groups in total. The van der Waals surface area contributed by atoms with Crippen LogP contribution in [0.5, 0.6) is 0 Å². The highest BCUT2D eigenvalue weighted by Crippen LogP contribution is 2.30. The van der Waals surface area contributed by atoms with Gasteiger partial charge in [-0.25, -0.2) is 0 Å². The van der Waals surface area contributed by atoms with Crippen LogP contribution in [0, 0.1) is 5.92 Å². The Hall–Kier alpha value is -0.970. The van der Waals surface area contributed by atoms with Crippen molar-refractivity contribution in [2.24, 2.45) is 11.7 Å². The molecule has 0 aromatic carbocycles. The molecule has 112 valence electrons. The minimum Gasteiger partial charge on any atom is -0.396 e. The largest absolute Gasteiger partial charge is 0.396 e. The van der Waals surface area contributed by atoms with Crippen LogP contribution in [0.2, 0.25) is 0 Å². The second kappa shape index (κ2) is 7.72. The van der Waals surface area contributed by atoms with Gasteiger partial charge in [0.15, 0.2) is 0 Å². The van der Waals surface area contributed by atoms with E-state index >= 15 is 0 Å². The highest BCUT2D eigenvalue weighted by Gasteiger charge is 2.30. The van der Waals surface area contributed by atoms with E-state index in [0.717, 1.165) is 25.9 Å². The van der Waals surface area contributed by atoms with Crippen LogP contribution in [0.15, 0.2) is 24.5 Å². The smallest absolute Gasteiger partial charge is 0.0514 e. The Morgan fingerprint density at radius 2 is 2.40 bits per heavy atom. The van der Waals surface area contributed by atoms with Gasteiger partial charge in [0.2, 0.25) is 0 Å². The van der Waals surface area contributed by atoms with E-state index in [4.69, 9.17) is 10.8 Å². The summed E-state index contributed by atoms with van der Waals surface area (Å²) in [5.41, 5.74) is 7.60. The number of hydrogen-bond donors (Lipinski definition) is 2. The van der Waals surface area contributed by atoms with Crippen molar-refractivity contribution < 1.29 is 5.11 Å². The highest BCUT2D eigenvalue weighted by atomic mass is 16.3. The summed E-state index contributed by atoms with van der Waals surface area (Å²) in [6.45, 7) is 4.56. The summed E-state index contributed by atoms with van der Waals surface area (Å²) in [5.74, 6) is 0.594. The third kappa shape index (κ3) is 3.78. The molecule has 20 heavy (non-hydrogen) atoms. The number of pyridine rings is 1. The molecule has 1 aliphatic heterocycles. The molecule has 4 heteroatoms. The second-order valence-electron chi connectivity index (χ2n) is 5.82. The summed E-state index contributed by atoms with van der Waals surface area (Å²) in [7, 11) is 0. The van der Waals surface area contributed by atoms with Crippen LogP contribution >= 0.6 is 0 Å². The summed E-state index contributed by atoms with van der Waals surface area (Å²) >= 11 is 0. The quantitative estimate of drug-likeness (QED) is 0.834. The Balaban J connectivity index is 2.14. The van der Waals surface area contributed by atoms with Gasteiger partial charge in [-0.15, -0.1) is 0 Å². The van der Waals surface area contributed by atoms with Crippen LogP contribution in [0.1, 0.15) is 44.2 Å². The fraction of sp³-hybridized carbons (Fsp3) is 0.688. The standard InChI is InChI=1S/C16H27N3O/c1-2-15(17)16(14-6-3-8-18-11-14)19-9-4-5-13(12-19)7-10-20/h3,6,8,11,13,15-16,20H,2,4-5,7,9-10,12,17H2,1H3. The van der Waals surface area contributed by atoms with Crippen LogP contribution in [0.25, 0.3) is 0 Å². The number of rotatable bonds is 6. The predicted molar refractivity (Wildman–Crippen MR) is 81.2 cm³/mol. The van der Waals surface area contributed by atoms with E-state index in [2.05, 4.69) is 22.9 Å². The molecule has 2 rings (SSSR count). The maximum atomic E-state index is 9.16. The number of nitrogens with two attached hydrogens (primary N) is 1. The normalized spacial score (nSPS) is 23.4. The lowest BCUT2D eigenvalue weighted by molar-refractivity contribution is 0.0929. The van der Waals surface area contributed by atoms with Crippen molar-refractivity contribution in [2.75, 3.05) is 19.7 Å². The number of aromatic nitrogens is 1. The van der Waals surface area contributed by atoms with Crippen molar-refractivity contribution in [3.05, 3.63) is 30.1 Å². The zero-order valence-corrected chi connectivity index (χ0v) is 12.4. The number of aliphatic hydroxyl groups is 1. The van der Waals surface area contributed by atoms with Crippen molar-refractivity contribution in [1.82, 2.24) is 9.88 Å². The average Bonchev–Trinajstić information content (AvgIpc) is 2.49. The van der Waals surface area contributed by atoms with Crippen LogP contribution < -0.4 is 5.73 Å². The van der Waals surface area contributed by atoms with Gasteiger partial charge in [0.1, 0.15) is 0 Å². The molecule has 1 fully saturated rings. The van der Waals surface area contributed by atoms with E-state index in [9.17, 15) is 0 Å². The maximum absolute atomic E-state index is 9.16. The van der Waals surface area contributed by atoms with Gasteiger partial charge in [-0.3, -0.25) is 9.88 Å². The first-order valence-corrected chi connectivity index (χ1v) is 7.76. The molecule has 0 bridgehead atoms. The van der Waals surface area contributed by atoms with Crippen molar-refractivity contribution in [2.45, 2.75) is 44.7 Å². The average molecular weight is 277 g/mol. The maximum Gasteiger partial charge on any atom is 0.0514 e. The highest BCUT2D eigenvalue weighted by molar-refractivity contribution is 5.16. The molecule has 1 saturated heterocycles. The topological polar surface area (TPSA) is 62.4 Å². The van der Waals surface area contributed by atoms with Crippen molar-refractivity contribution in [1.29, 1.82) is 0 Å². The number of piperidine rings is 1. The Labute approximate surface area is 122 Å². The summed E-state index contributed by atoms with van der Waals surface area (Å²) in [6, 6.07) is 4.49. The summed E-state index contributed by atoms with van der Waals surface area (Å²) in [4.78, 5) is 6.75. The summed E-state index contributed by atoms with van der Waals surface area (Å²) in [6.07, 6.45) is 8.02. The lowest BCUT2D eigenvalue weighted by Crippen LogP contribution is -2.45. The molecule has 0 amide bonds. The summed E-state index contributed by atoms with van der Waals surface area (Å²) in [5, 5.41) is 9.16. The Bertz CT molecular complexity index is 383. The first-order valence-electron chi connectivity index (χ1n) is 7.76. The monoisotopic (exact) mass is 277 g/mol. The van der Waals surface area contributed by atoms with E-state index in [-0.39, 0.29) is 18.7 Å². The van der Waals surface area contributed by atoms with Gasteiger partial charge in [-0.1, -0.05) is 13.0 Å². The second-order valence-corrected chi connectivity index (χ2v) is 5.82. The third-order valence-electron chi connectivity index (χ3n) is 4.38. The zero-order chi connectivity index (χ0) is 14.4. The van der Waals surface area contributed by atoms with Gasteiger partial charge >= 0.3 is 0 Å². The molecule has 0 saturated carbocycles. The van der Waals surface area contributed by atoms with Gasteiger partial charge in [-0.2, -0.15) is 0 Å². The van der Waals surface area contributed by atoms with Crippen LogP contribution in [0.4, 0.5) is 0 Å². The molecule has 0 radical (unpaired) electrons. The SMILES string of the molecule is CCC(N)C(c1cccnc1)N1CCCC(CCO)C1. The third-order valence-corrected chi connectivity index (χ3v) is 4.38. The number of hydrogen-bond acceptors (Lipinski definition) is 4. The van der Waals surface area contributed by atoms with E-state index in [0.29, 0.717) is 5.92 Å². The first-order chi connectivity index (χ1) is 9.76.